The quantitative estimate of drug-likeness (QED) is 0.225. The molecule has 0 N–H and O–H groups in total. The van der Waals surface area contributed by atoms with Crippen LogP contribution in [-0.2, 0) is 7.05 Å². The van der Waals surface area contributed by atoms with E-state index >= 15 is 0 Å². The predicted molar refractivity (Wildman–Crippen MR) is 130 cm³/mol. The lowest BCUT2D eigenvalue weighted by molar-refractivity contribution is -0.633. The van der Waals surface area contributed by atoms with Gasteiger partial charge in [-0.15, -0.1) is 0 Å². The summed E-state index contributed by atoms with van der Waals surface area (Å²) in [5.41, 5.74) is 6.20. The van der Waals surface area contributed by atoms with E-state index in [0.717, 1.165) is 0 Å². The van der Waals surface area contributed by atoms with Crippen molar-refractivity contribution in [1.29, 1.82) is 0 Å². The van der Waals surface area contributed by atoms with Gasteiger partial charge in [0, 0.05) is 10.8 Å². The summed E-state index contributed by atoms with van der Waals surface area (Å²) in [6, 6.07) is 36.9. The van der Waals surface area contributed by atoms with E-state index in [0.29, 0.717) is 0 Å². The lowest BCUT2D eigenvalue weighted by Gasteiger charge is -2.08. The van der Waals surface area contributed by atoms with Crippen LogP contribution in [-0.4, -0.2) is 4.57 Å². The van der Waals surface area contributed by atoms with Crippen LogP contribution in [0.3, 0.4) is 0 Å². The van der Waals surface area contributed by atoms with Crippen LogP contribution >= 0.6 is 0 Å². The summed E-state index contributed by atoms with van der Waals surface area (Å²) in [6.45, 7) is 2.22. The average molecular weight is 400 g/mol. The molecular formula is C29H23N2+. The number of rotatable bonds is 2. The summed E-state index contributed by atoms with van der Waals surface area (Å²) in [7, 11) is 2.20. The second-order valence-electron chi connectivity index (χ2n) is 8.16. The van der Waals surface area contributed by atoms with Crippen molar-refractivity contribution in [2.75, 3.05) is 0 Å². The molecule has 148 valence electrons. The molecule has 0 saturated carbocycles. The molecular weight excluding hydrogens is 376 g/mol. The third-order valence-corrected chi connectivity index (χ3v) is 6.34. The van der Waals surface area contributed by atoms with Crippen LogP contribution in [0.15, 0.2) is 103 Å². The third-order valence-electron chi connectivity index (χ3n) is 6.34. The number of fused-ring (bicyclic) bond motifs is 6. The highest BCUT2D eigenvalue weighted by molar-refractivity contribution is 6.23. The smallest absolute Gasteiger partial charge is 0.225 e. The summed E-state index contributed by atoms with van der Waals surface area (Å²) in [6.07, 6.45) is 0. The van der Waals surface area contributed by atoms with E-state index in [1.807, 2.05) is 0 Å². The third kappa shape index (κ3) is 2.55. The van der Waals surface area contributed by atoms with Gasteiger partial charge in [-0.2, -0.15) is 4.57 Å². The van der Waals surface area contributed by atoms with Crippen LogP contribution in [0.2, 0.25) is 0 Å². The molecule has 0 aliphatic heterocycles. The lowest BCUT2D eigenvalue weighted by atomic mass is 9.97. The molecule has 2 nitrogen and oxygen atoms in total. The Labute approximate surface area is 181 Å². The highest BCUT2D eigenvalue weighted by Gasteiger charge is 2.30. The number of para-hydroxylation sites is 1. The van der Waals surface area contributed by atoms with Gasteiger partial charge in [0.25, 0.3) is 5.82 Å². The van der Waals surface area contributed by atoms with Crippen LogP contribution < -0.4 is 4.57 Å². The summed E-state index contributed by atoms with van der Waals surface area (Å²) in [4.78, 5) is 0. The van der Waals surface area contributed by atoms with E-state index < -0.39 is 0 Å². The highest BCUT2D eigenvalue weighted by Crippen LogP contribution is 2.38. The molecule has 0 bridgehead atoms. The maximum Gasteiger partial charge on any atom is 0.294 e. The van der Waals surface area contributed by atoms with Gasteiger partial charge in [0.1, 0.15) is 5.69 Å². The fraction of sp³-hybridized carbons (Fsp3) is 0.0690. The zero-order chi connectivity index (χ0) is 20.9. The van der Waals surface area contributed by atoms with Gasteiger partial charge in [0.05, 0.1) is 12.6 Å². The number of hydrogen-bond donors (Lipinski definition) is 0. The second kappa shape index (κ2) is 6.82. The van der Waals surface area contributed by atoms with E-state index in [9.17, 15) is 0 Å². The normalized spacial score (nSPS) is 11.5. The molecule has 0 spiro atoms. The first-order valence-electron chi connectivity index (χ1n) is 10.7. The minimum Gasteiger partial charge on any atom is -0.225 e. The van der Waals surface area contributed by atoms with Crippen molar-refractivity contribution in [3.8, 4) is 17.1 Å². The Morgan fingerprint density at radius 2 is 1.23 bits per heavy atom. The Morgan fingerprint density at radius 1 is 0.613 bits per heavy atom. The van der Waals surface area contributed by atoms with E-state index in [2.05, 4.69) is 126 Å². The van der Waals surface area contributed by atoms with Gasteiger partial charge in [0.2, 0.25) is 0 Å². The topological polar surface area (TPSA) is 8.81 Å². The maximum absolute atomic E-state index is 2.43. The fourth-order valence-electron chi connectivity index (χ4n) is 5.03. The maximum atomic E-state index is 2.43. The van der Waals surface area contributed by atoms with Gasteiger partial charge in [-0.1, -0.05) is 72.8 Å². The van der Waals surface area contributed by atoms with Gasteiger partial charge in [-0.25, -0.2) is 4.57 Å². The Morgan fingerprint density at radius 3 is 1.97 bits per heavy atom. The lowest BCUT2D eigenvalue weighted by Crippen LogP contribution is -2.30. The number of hydrogen-bond acceptors (Lipinski definition) is 0. The molecule has 5 aromatic carbocycles. The number of nitrogens with zero attached hydrogens (tertiary/aromatic N) is 2. The molecule has 0 aliphatic rings. The molecule has 1 heterocycles. The van der Waals surface area contributed by atoms with Gasteiger partial charge in [-0.05, 0) is 53.6 Å². The van der Waals surface area contributed by atoms with Crippen LogP contribution in [0, 0.1) is 6.92 Å². The van der Waals surface area contributed by atoms with Crippen molar-refractivity contribution in [3.63, 3.8) is 0 Å². The van der Waals surface area contributed by atoms with Crippen molar-refractivity contribution >= 4 is 32.6 Å². The minimum absolute atomic E-state index is 1.17. The van der Waals surface area contributed by atoms with Crippen molar-refractivity contribution in [2.24, 2.45) is 7.05 Å². The van der Waals surface area contributed by atoms with Crippen molar-refractivity contribution < 1.29 is 4.57 Å². The van der Waals surface area contributed by atoms with Crippen molar-refractivity contribution in [1.82, 2.24) is 4.57 Å². The molecule has 0 amide bonds. The summed E-state index contributed by atoms with van der Waals surface area (Å²) in [5.74, 6) is 1.18. The molecule has 0 aliphatic carbocycles. The Hall–Kier alpha value is -3.91. The molecule has 1 aromatic heterocycles. The van der Waals surface area contributed by atoms with E-state index in [4.69, 9.17) is 0 Å². The van der Waals surface area contributed by atoms with Crippen molar-refractivity contribution in [2.45, 2.75) is 6.92 Å². The molecule has 31 heavy (non-hydrogen) atoms. The minimum atomic E-state index is 1.17. The predicted octanol–water partition coefficient (Wildman–Crippen LogP) is 6.74. The standard InChI is InChI=1S/C29H23N2/c1-20-12-11-19-24-23-17-9-10-18-25(23)27-28(26(20)24)30(2)29(21-13-5-3-6-14-21)31(27)22-15-7-4-8-16-22/h3-19H,1-2H3/q+1. The van der Waals surface area contributed by atoms with Crippen LogP contribution in [0.1, 0.15) is 5.56 Å². The van der Waals surface area contributed by atoms with Gasteiger partial charge < -0.3 is 0 Å². The number of benzene rings is 5. The average Bonchev–Trinajstić information content (AvgIpc) is 3.13. The zero-order valence-corrected chi connectivity index (χ0v) is 17.7. The Balaban J connectivity index is 1.96. The second-order valence-corrected chi connectivity index (χ2v) is 8.16. The monoisotopic (exact) mass is 399 g/mol. The van der Waals surface area contributed by atoms with Gasteiger partial charge in [-0.3, -0.25) is 0 Å². The zero-order valence-electron chi connectivity index (χ0n) is 17.7. The Kier molecular flexibility index (Phi) is 3.94. The van der Waals surface area contributed by atoms with E-state index in [1.54, 1.807) is 0 Å². The molecule has 0 saturated heterocycles. The molecule has 0 unspecified atom stereocenters. The van der Waals surface area contributed by atoms with Crippen LogP contribution in [0.5, 0.6) is 0 Å². The first-order chi connectivity index (χ1) is 15.3. The number of imidazole rings is 1. The first-order valence-corrected chi connectivity index (χ1v) is 10.7. The first kappa shape index (κ1) is 17.9. The molecule has 0 atom stereocenters. The van der Waals surface area contributed by atoms with Gasteiger partial charge in [0.15, 0.2) is 11.0 Å². The van der Waals surface area contributed by atoms with E-state index in [-0.39, 0.29) is 0 Å². The largest absolute Gasteiger partial charge is 0.294 e. The van der Waals surface area contributed by atoms with Crippen LogP contribution in [0.4, 0.5) is 0 Å². The molecule has 2 heteroatoms. The van der Waals surface area contributed by atoms with Gasteiger partial charge >= 0.3 is 0 Å². The molecule has 6 aromatic rings. The summed E-state index contributed by atoms with van der Waals surface area (Å²) >= 11 is 0. The molecule has 0 fully saturated rings. The summed E-state index contributed by atoms with van der Waals surface area (Å²) < 4.78 is 4.80. The summed E-state index contributed by atoms with van der Waals surface area (Å²) in [5, 5.41) is 5.20. The van der Waals surface area contributed by atoms with Crippen molar-refractivity contribution in [3.05, 3.63) is 109 Å². The SMILES string of the molecule is Cc1cccc2c3ccccc3c3c(c12)[n+](C)c(-c1ccccc1)n3-c1ccccc1. The number of aryl methyl sites for hydroxylation is 2. The Bertz CT molecular complexity index is 1580. The van der Waals surface area contributed by atoms with E-state index in [1.165, 1.54) is 55.2 Å². The highest BCUT2D eigenvalue weighted by atomic mass is 15.2. The number of aromatic nitrogens is 2. The van der Waals surface area contributed by atoms with Crippen LogP contribution in [0.25, 0.3) is 49.7 Å². The fourth-order valence-corrected chi connectivity index (χ4v) is 5.03. The molecule has 6 rings (SSSR count). The molecule has 0 radical (unpaired) electrons.